The number of Topliss-reactive ketones (excluding diaryl/α,β-unsaturated/α-hetero) is 1. The molecule has 0 spiro atoms. The first kappa shape index (κ1) is 15.8. The second-order valence-corrected chi connectivity index (χ2v) is 6.26. The van der Waals surface area contributed by atoms with Crippen LogP contribution in [0, 0.1) is 0 Å². The van der Waals surface area contributed by atoms with Crippen molar-refractivity contribution in [2.45, 2.75) is 57.5 Å². The van der Waals surface area contributed by atoms with Crippen LogP contribution in [0.3, 0.4) is 0 Å². The topological polar surface area (TPSA) is 46.6 Å². The number of allylic oxidation sites excluding steroid dienone is 1. The van der Waals surface area contributed by atoms with E-state index in [0.29, 0.717) is 12.2 Å². The van der Waals surface area contributed by atoms with Gasteiger partial charge in [-0.1, -0.05) is 37.6 Å². The predicted octanol–water partition coefficient (Wildman–Crippen LogP) is 4.11. The number of fused-ring (bicyclic) bond motifs is 1. The highest BCUT2D eigenvalue weighted by molar-refractivity contribution is 5.99. The lowest BCUT2D eigenvalue weighted by molar-refractivity contribution is -0.119. The normalized spacial score (nSPS) is 24.0. The molecule has 0 saturated carbocycles. The number of para-hydroxylation sites is 1. The Hall–Kier alpha value is -2.10. The summed E-state index contributed by atoms with van der Waals surface area (Å²) in [7, 11) is 0. The molecule has 1 fully saturated rings. The minimum absolute atomic E-state index is 0.0519. The van der Waals surface area contributed by atoms with Gasteiger partial charge in [-0.3, -0.25) is 9.69 Å². The molecule has 122 valence electrons. The molecule has 2 atom stereocenters. The van der Waals surface area contributed by atoms with Crippen molar-refractivity contribution in [3.8, 4) is 5.75 Å². The van der Waals surface area contributed by atoms with Crippen LogP contribution < -0.4 is 4.74 Å². The summed E-state index contributed by atoms with van der Waals surface area (Å²) in [4.78, 5) is 27.0. The van der Waals surface area contributed by atoms with Crippen LogP contribution in [0.4, 0.5) is 4.79 Å². The molecule has 1 aromatic carbocycles. The van der Waals surface area contributed by atoms with Crippen LogP contribution in [0.25, 0.3) is 0 Å². The van der Waals surface area contributed by atoms with E-state index in [1.165, 1.54) is 0 Å². The van der Waals surface area contributed by atoms with E-state index in [2.05, 4.69) is 6.92 Å². The van der Waals surface area contributed by atoms with Crippen LogP contribution in [0.5, 0.6) is 5.75 Å². The Bertz CT molecular complexity index is 608. The molecule has 4 heteroatoms. The highest BCUT2D eigenvalue weighted by Crippen LogP contribution is 2.34. The molecule has 0 bridgehead atoms. The molecule has 1 aliphatic carbocycles. The standard InChI is InChI=1S/C19H23NO3/c1-2-8-14-13-18(21)16-11-6-7-12-17(16)20(14)19(22)23-15-9-4-3-5-10-15/h3-5,9-11,14,17H,2,6-8,12-13H2,1H3/t14-,17+/m0/s1. The van der Waals surface area contributed by atoms with Crippen LogP contribution >= 0.6 is 0 Å². The number of ether oxygens (including phenoxy) is 1. The van der Waals surface area contributed by atoms with Gasteiger partial charge in [0.05, 0.1) is 6.04 Å². The first-order valence-electron chi connectivity index (χ1n) is 8.49. The number of likely N-dealkylation sites (tertiary alicyclic amines) is 1. The Morgan fingerprint density at radius 3 is 2.83 bits per heavy atom. The molecule has 1 aromatic rings. The Morgan fingerprint density at radius 1 is 1.30 bits per heavy atom. The third-order valence-electron chi connectivity index (χ3n) is 4.66. The molecule has 2 aliphatic rings. The number of amides is 1. The second kappa shape index (κ2) is 6.99. The number of hydrogen-bond donors (Lipinski definition) is 0. The summed E-state index contributed by atoms with van der Waals surface area (Å²) in [6.07, 6.45) is 6.66. The Kier molecular flexibility index (Phi) is 4.79. The highest BCUT2D eigenvalue weighted by atomic mass is 16.6. The van der Waals surface area contributed by atoms with Gasteiger partial charge in [-0.15, -0.1) is 0 Å². The summed E-state index contributed by atoms with van der Waals surface area (Å²) in [5, 5.41) is 0. The maximum absolute atomic E-state index is 12.8. The van der Waals surface area contributed by atoms with Gasteiger partial charge in [0.1, 0.15) is 5.75 Å². The van der Waals surface area contributed by atoms with Crippen molar-refractivity contribution in [1.29, 1.82) is 0 Å². The van der Waals surface area contributed by atoms with Crippen molar-refractivity contribution in [2.24, 2.45) is 0 Å². The summed E-state index contributed by atoms with van der Waals surface area (Å²) in [5.74, 6) is 0.753. The van der Waals surface area contributed by atoms with Gasteiger partial charge in [0, 0.05) is 18.0 Å². The molecule has 23 heavy (non-hydrogen) atoms. The molecule has 1 saturated heterocycles. The van der Waals surface area contributed by atoms with Crippen LogP contribution in [-0.2, 0) is 4.79 Å². The number of benzene rings is 1. The lowest BCUT2D eigenvalue weighted by atomic mass is 9.82. The second-order valence-electron chi connectivity index (χ2n) is 6.26. The van der Waals surface area contributed by atoms with Crippen molar-refractivity contribution >= 4 is 11.9 Å². The number of carbonyl (C=O) groups excluding carboxylic acids is 2. The zero-order valence-electron chi connectivity index (χ0n) is 13.5. The average molecular weight is 313 g/mol. The van der Waals surface area contributed by atoms with Crippen LogP contribution in [0.2, 0.25) is 0 Å². The molecule has 4 nitrogen and oxygen atoms in total. The van der Waals surface area contributed by atoms with Crippen LogP contribution in [-0.4, -0.2) is 28.9 Å². The number of ketones is 1. The summed E-state index contributed by atoms with van der Waals surface area (Å²) in [5.41, 5.74) is 0.814. The maximum Gasteiger partial charge on any atom is 0.416 e. The number of nitrogens with zero attached hydrogens (tertiary/aromatic N) is 1. The SMILES string of the molecule is CCC[C@H]1CC(=O)C2=CCCC[C@H]2N1C(=O)Oc1ccccc1. The van der Waals surface area contributed by atoms with Gasteiger partial charge < -0.3 is 4.74 Å². The summed E-state index contributed by atoms with van der Waals surface area (Å²) >= 11 is 0. The number of rotatable bonds is 3. The lowest BCUT2D eigenvalue weighted by Crippen LogP contribution is -2.55. The summed E-state index contributed by atoms with van der Waals surface area (Å²) < 4.78 is 5.56. The van der Waals surface area contributed by atoms with E-state index in [1.807, 2.05) is 29.2 Å². The van der Waals surface area contributed by atoms with Gasteiger partial charge in [-0.05, 0) is 37.8 Å². The van der Waals surface area contributed by atoms with E-state index < -0.39 is 0 Å². The number of hydrogen-bond acceptors (Lipinski definition) is 3. The average Bonchev–Trinajstić information content (AvgIpc) is 2.56. The fraction of sp³-hybridized carbons (Fsp3) is 0.474. The largest absolute Gasteiger partial charge is 0.416 e. The third-order valence-corrected chi connectivity index (χ3v) is 4.66. The molecule has 0 N–H and O–H groups in total. The Balaban J connectivity index is 1.85. The van der Waals surface area contributed by atoms with Crippen LogP contribution in [0.15, 0.2) is 42.0 Å². The van der Waals surface area contributed by atoms with E-state index in [9.17, 15) is 9.59 Å². The van der Waals surface area contributed by atoms with E-state index in [1.54, 1.807) is 12.1 Å². The minimum atomic E-state index is -0.333. The van der Waals surface area contributed by atoms with Gasteiger partial charge in [0.25, 0.3) is 0 Å². The van der Waals surface area contributed by atoms with E-state index in [4.69, 9.17) is 4.74 Å². The van der Waals surface area contributed by atoms with E-state index >= 15 is 0 Å². The molecule has 1 heterocycles. The van der Waals surface area contributed by atoms with Crippen molar-refractivity contribution in [3.63, 3.8) is 0 Å². The molecular weight excluding hydrogens is 290 g/mol. The fourth-order valence-corrected chi connectivity index (χ4v) is 3.63. The minimum Gasteiger partial charge on any atom is -0.410 e. The zero-order chi connectivity index (χ0) is 16.2. The van der Waals surface area contributed by atoms with Gasteiger partial charge in [-0.25, -0.2) is 4.79 Å². The smallest absolute Gasteiger partial charge is 0.410 e. The first-order chi connectivity index (χ1) is 11.2. The molecule has 1 amide bonds. The van der Waals surface area contributed by atoms with Gasteiger partial charge >= 0.3 is 6.09 Å². The molecule has 0 unspecified atom stereocenters. The molecular formula is C19H23NO3. The van der Waals surface area contributed by atoms with E-state index in [0.717, 1.165) is 37.7 Å². The lowest BCUT2D eigenvalue weighted by Gasteiger charge is -2.43. The predicted molar refractivity (Wildman–Crippen MR) is 88.3 cm³/mol. The van der Waals surface area contributed by atoms with Gasteiger partial charge in [0.15, 0.2) is 5.78 Å². The monoisotopic (exact) mass is 313 g/mol. The Labute approximate surface area is 137 Å². The third kappa shape index (κ3) is 3.31. The molecule has 3 rings (SSSR count). The fourth-order valence-electron chi connectivity index (χ4n) is 3.63. The number of carbonyl (C=O) groups is 2. The molecule has 1 aliphatic heterocycles. The molecule has 0 aromatic heterocycles. The Morgan fingerprint density at radius 2 is 2.09 bits per heavy atom. The maximum atomic E-state index is 12.8. The van der Waals surface area contributed by atoms with Gasteiger partial charge in [0.2, 0.25) is 0 Å². The number of piperidine rings is 1. The summed E-state index contributed by atoms with van der Waals surface area (Å²) in [6.45, 7) is 2.08. The zero-order valence-corrected chi connectivity index (χ0v) is 13.5. The van der Waals surface area contributed by atoms with E-state index in [-0.39, 0.29) is 24.0 Å². The molecule has 0 radical (unpaired) electrons. The van der Waals surface area contributed by atoms with Crippen molar-refractivity contribution in [3.05, 3.63) is 42.0 Å². The quantitative estimate of drug-likeness (QED) is 0.843. The van der Waals surface area contributed by atoms with Crippen molar-refractivity contribution < 1.29 is 14.3 Å². The van der Waals surface area contributed by atoms with Crippen LogP contribution in [0.1, 0.15) is 45.4 Å². The highest BCUT2D eigenvalue weighted by Gasteiger charge is 2.42. The van der Waals surface area contributed by atoms with Gasteiger partial charge in [-0.2, -0.15) is 0 Å². The summed E-state index contributed by atoms with van der Waals surface area (Å²) in [6, 6.07) is 8.97. The van der Waals surface area contributed by atoms with Crippen molar-refractivity contribution in [1.82, 2.24) is 4.90 Å². The first-order valence-corrected chi connectivity index (χ1v) is 8.49. The van der Waals surface area contributed by atoms with Crippen molar-refractivity contribution in [2.75, 3.05) is 0 Å².